The van der Waals surface area contributed by atoms with Gasteiger partial charge in [-0.3, -0.25) is 4.79 Å². The van der Waals surface area contributed by atoms with E-state index in [2.05, 4.69) is 5.32 Å². The Morgan fingerprint density at radius 3 is 2.38 bits per heavy atom. The van der Waals surface area contributed by atoms with E-state index < -0.39 is 0 Å². The maximum absolute atomic E-state index is 12.1. The molecule has 21 heavy (non-hydrogen) atoms. The van der Waals surface area contributed by atoms with Crippen LogP contribution >= 0.6 is 0 Å². The summed E-state index contributed by atoms with van der Waals surface area (Å²) < 4.78 is 5.50. The van der Waals surface area contributed by atoms with Crippen LogP contribution in [0.1, 0.15) is 41.2 Å². The summed E-state index contributed by atoms with van der Waals surface area (Å²) in [6.07, 6.45) is 0.366. The maximum Gasteiger partial charge on any atom is 0.224 e. The van der Waals surface area contributed by atoms with Crippen LogP contribution in [0.15, 0.2) is 34.7 Å². The second-order valence-electron chi connectivity index (χ2n) is 5.36. The van der Waals surface area contributed by atoms with Crippen molar-refractivity contribution in [3.63, 3.8) is 0 Å². The van der Waals surface area contributed by atoms with E-state index in [0.717, 1.165) is 28.2 Å². The standard InChI is InChI=1S/C17H22N2O2/c1-11-8-16(13(3)21-11)12(2)19-17(20)9-14-4-6-15(10-18)7-5-14/h4-8,12H,9-10,18H2,1-3H3,(H,19,20). The van der Waals surface area contributed by atoms with E-state index in [1.165, 1.54) is 0 Å². The lowest BCUT2D eigenvalue weighted by Crippen LogP contribution is -2.28. The molecule has 2 aromatic rings. The molecule has 1 heterocycles. The highest BCUT2D eigenvalue weighted by atomic mass is 16.3. The summed E-state index contributed by atoms with van der Waals surface area (Å²) in [7, 11) is 0. The Bertz CT molecular complexity index is 614. The zero-order chi connectivity index (χ0) is 15.4. The number of hydrogen-bond acceptors (Lipinski definition) is 3. The Hall–Kier alpha value is -2.07. The second kappa shape index (κ2) is 6.59. The second-order valence-corrected chi connectivity index (χ2v) is 5.36. The fourth-order valence-corrected chi connectivity index (χ4v) is 2.43. The van der Waals surface area contributed by atoms with Crippen LogP contribution in [0.5, 0.6) is 0 Å². The molecule has 1 aromatic carbocycles. The predicted molar refractivity (Wildman–Crippen MR) is 82.8 cm³/mol. The average molecular weight is 286 g/mol. The molecule has 3 N–H and O–H groups in total. The number of amides is 1. The highest BCUT2D eigenvalue weighted by molar-refractivity contribution is 5.79. The van der Waals surface area contributed by atoms with Gasteiger partial charge in [-0.2, -0.15) is 0 Å². The largest absolute Gasteiger partial charge is 0.466 e. The van der Waals surface area contributed by atoms with E-state index in [0.29, 0.717) is 13.0 Å². The van der Waals surface area contributed by atoms with Gasteiger partial charge < -0.3 is 15.5 Å². The number of nitrogens with one attached hydrogen (secondary N) is 1. The van der Waals surface area contributed by atoms with E-state index in [4.69, 9.17) is 10.2 Å². The lowest BCUT2D eigenvalue weighted by atomic mass is 10.1. The molecule has 0 radical (unpaired) electrons. The topological polar surface area (TPSA) is 68.3 Å². The minimum atomic E-state index is -0.0572. The first-order valence-corrected chi connectivity index (χ1v) is 7.13. The van der Waals surface area contributed by atoms with E-state index in [9.17, 15) is 4.79 Å². The van der Waals surface area contributed by atoms with Crippen molar-refractivity contribution >= 4 is 5.91 Å². The molecule has 1 unspecified atom stereocenters. The molecule has 2 rings (SSSR count). The fraction of sp³-hybridized carbons (Fsp3) is 0.353. The minimum Gasteiger partial charge on any atom is -0.466 e. The van der Waals surface area contributed by atoms with Crippen molar-refractivity contribution in [2.45, 2.75) is 39.8 Å². The summed E-state index contributed by atoms with van der Waals surface area (Å²) in [5, 5.41) is 3.00. The molecule has 1 amide bonds. The van der Waals surface area contributed by atoms with Crippen molar-refractivity contribution in [2.24, 2.45) is 5.73 Å². The number of carbonyl (C=O) groups is 1. The Morgan fingerprint density at radius 1 is 1.24 bits per heavy atom. The zero-order valence-corrected chi connectivity index (χ0v) is 12.8. The van der Waals surface area contributed by atoms with Crippen LogP contribution in [0.3, 0.4) is 0 Å². The van der Waals surface area contributed by atoms with Crippen LogP contribution in [-0.2, 0) is 17.8 Å². The van der Waals surface area contributed by atoms with Crippen LogP contribution in [0.4, 0.5) is 0 Å². The Labute approximate surface area is 125 Å². The Kier molecular flexibility index (Phi) is 4.81. The molecule has 112 valence electrons. The fourth-order valence-electron chi connectivity index (χ4n) is 2.43. The van der Waals surface area contributed by atoms with E-state index in [1.807, 2.05) is 51.1 Å². The minimum absolute atomic E-state index is 0.00116. The number of carbonyl (C=O) groups excluding carboxylic acids is 1. The monoisotopic (exact) mass is 286 g/mol. The molecule has 0 spiro atoms. The van der Waals surface area contributed by atoms with E-state index in [1.54, 1.807) is 0 Å². The van der Waals surface area contributed by atoms with Gasteiger partial charge in [0.15, 0.2) is 0 Å². The van der Waals surface area contributed by atoms with Crippen molar-refractivity contribution in [3.8, 4) is 0 Å². The van der Waals surface area contributed by atoms with Crippen molar-refractivity contribution in [1.82, 2.24) is 5.32 Å². The van der Waals surface area contributed by atoms with Gasteiger partial charge in [0.25, 0.3) is 0 Å². The van der Waals surface area contributed by atoms with Crippen molar-refractivity contribution in [3.05, 3.63) is 58.5 Å². The Balaban J connectivity index is 1.96. The first-order valence-electron chi connectivity index (χ1n) is 7.13. The maximum atomic E-state index is 12.1. The molecule has 4 nitrogen and oxygen atoms in total. The van der Waals surface area contributed by atoms with E-state index in [-0.39, 0.29) is 11.9 Å². The van der Waals surface area contributed by atoms with Crippen molar-refractivity contribution in [1.29, 1.82) is 0 Å². The smallest absolute Gasteiger partial charge is 0.224 e. The summed E-state index contributed by atoms with van der Waals surface area (Å²) in [5.41, 5.74) is 8.64. The van der Waals surface area contributed by atoms with Crippen molar-refractivity contribution < 1.29 is 9.21 Å². The highest BCUT2D eigenvalue weighted by Crippen LogP contribution is 2.21. The number of aryl methyl sites for hydroxylation is 2. The van der Waals surface area contributed by atoms with Crippen LogP contribution in [0.25, 0.3) is 0 Å². The van der Waals surface area contributed by atoms with Crippen LogP contribution in [0, 0.1) is 13.8 Å². The third-order valence-corrected chi connectivity index (χ3v) is 3.55. The van der Waals surface area contributed by atoms with Crippen LogP contribution < -0.4 is 11.1 Å². The molecular formula is C17H22N2O2. The van der Waals surface area contributed by atoms with Gasteiger partial charge in [0, 0.05) is 12.1 Å². The number of benzene rings is 1. The SMILES string of the molecule is Cc1cc(C(C)NC(=O)Cc2ccc(CN)cc2)c(C)o1. The number of nitrogens with two attached hydrogens (primary N) is 1. The average Bonchev–Trinajstić information content (AvgIpc) is 2.78. The van der Waals surface area contributed by atoms with Crippen LogP contribution in [0.2, 0.25) is 0 Å². The molecule has 1 aromatic heterocycles. The van der Waals surface area contributed by atoms with Gasteiger partial charge in [0.2, 0.25) is 5.91 Å². The molecule has 0 bridgehead atoms. The Morgan fingerprint density at radius 2 is 1.86 bits per heavy atom. The van der Waals surface area contributed by atoms with Crippen molar-refractivity contribution in [2.75, 3.05) is 0 Å². The van der Waals surface area contributed by atoms with Gasteiger partial charge in [-0.05, 0) is 38.0 Å². The number of furan rings is 1. The van der Waals surface area contributed by atoms with Gasteiger partial charge in [-0.1, -0.05) is 24.3 Å². The molecule has 4 heteroatoms. The molecule has 1 atom stereocenters. The number of rotatable bonds is 5. The van der Waals surface area contributed by atoms with E-state index >= 15 is 0 Å². The van der Waals surface area contributed by atoms with Gasteiger partial charge in [-0.25, -0.2) is 0 Å². The summed E-state index contributed by atoms with van der Waals surface area (Å²) in [6, 6.07) is 9.71. The quantitative estimate of drug-likeness (QED) is 0.888. The molecule has 0 aliphatic rings. The molecule has 0 saturated carbocycles. The molecule has 0 aliphatic carbocycles. The summed E-state index contributed by atoms with van der Waals surface area (Å²) in [5.74, 6) is 1.72. The lowest BCUT2D eigenvalue weighted by molar-refractivity contribution is -0.121. The first kappa shape index (κ1) is 15.3. The normalized spacial score (nSPS) is 12.2. The molecule has 0 aliphatic heterocycles. The molecule has 0 fully saturated rings. The third kappa shape index (κ3) is 3.95. The lowest BCUT2D eigenvalue weighted by Gasteiger charge is -2.13. The van der Waals surface area contributed by atoms with Gasteiger partial charge in [-0.15, -0.1) is 0 Å². The van der Waals surface area contributed by atoms with Gasteiger partial charge >= 0.3 is 0 Å². The summed E-state index contributed by atoms with van der Waals surface area (Å²) >= 11 is 0. The molecule has 0 saturated heterocycles. The number of hydrogen-bond donors (Lipinski definition) is 2. The van der Waals surface area contributed by atoms with Crippen LogP contribution in [-0.4, -0.2) is 5.91 Å². The van der Waals surface area contributed by atoms with Gasteiger partial charge in [0.1, 0.15) is 11.5 Å². The summed E-state index contributed by atoms with van der Waals surface area (Å²) in [4.78, 5) is 12.1. The molecular weight excluding hydrogens is 264 g/mol. The first-order chi connectivity index (χ1) is 9.99. The summed E-state index contributed by atoms with van der Waals surface area (Å²) in [6.45, 7) is 6.30. The highest BCUT2D eigenvalue weighted by Gasteiger charge is 2.15. The third-order valence-electron chi connectivity index (χ3n) is 3.55. The predicted octanol–water partition coefficient (Wildman–Crippen LogP) is 2.78. The van der Waals surface area contributed by atoms with Gasteiger partial charge in [0.05, 0.1) is 12.5 Å². The zero-order valence-electron chi connectivity index (χ0n) is 12.8.